The molecule has 0 spiro atoms. The van der Waals surface area contributed by atoms with Gasteiger partial charge in [-0.2, -0.15) is 0 Å². The number of aliphatic hydroxyl groups is 1. The second kappa shape index (κ2) is 6.71. The van der Waals surface area contributed by atoms with Gasteiger partial charge in [-0.05, 0) is 30.9 Å². The van der Waals surface area contributed by atoms with Gasteiger partial charge in [-0.1, -0.05) is 45.0 Å². The van der Waals surface area contributed by atoms with E-state index in [2.05, 4.69) is 6.92 Å². The van der Waals surface area contributed by atoms with E-state index in [9.17, 15) is 9.90 Å². The topological polar surface area (TPSA) is 46.5 Å². The number of ether oxygens (including phenoxy) is 1. The molecule has 1 aromatic rings. The second-order valence-corrected chi connectivity index (χ2v) is 4.82. The molecule has 1 rings (SSSR count). The Hall–Kier alpha value is -1.35. The van der Waals surface area contributed by atoms with Crippen molar-refractivity contribution in [3.8, 4) is 0 Å². The molecule has 1 N–H and O–H groups in total. The van der Waals surface area contributed by atoms with Crippen molar-refractivity contribution >= 4 is 5.97 Å². The van der Waals surface area contributed by atoms with Gasteiger partial charge in [0.25, 0.3) is 0 Å². The van der Waals surface area contributed by atoms with Gasteiger partial charge in [0, 0.05) is 5.92 Å². The van der Waals surface area contributed by atoms with Crippen molar-refractivity contribution in [2.24, 2.45) is 0 Å². The highest BCUT2D eigenvalue weighted by Crippen LogP contribution is 2.32. The minimum atomic E-state index is -1.45. The summed E-state index contributed by atoms with van der Waals surface area (Å²) in [6, 6.07) is 8.02. The zero-order chi connectivity index (χ0) is 14.5. The number of benzene rings is 1. The van der Waals surface area contributed by atoms with Crippen LogP contribution in [0.4, 0.5) is 0 Å². The summed E-state index contributed by atoms with van der Waals surface area (Å²) in [4.78, 5) is 12.0. The SMILES string of the molecule is CCOC(=O)C(O)(CC)C(C)c1ccc(CC)cc1. The third kappa shape index (κ3) is 3.35. The van der Waals surface area contributed by atoms with Gasteiger partial charge < -0.3 is 9.84 Å². The van der Waals surface area contributed by atoms with Gasteiger partial charge in [0.15, 0.2) is 5.60 Å². The molecule has 3 nitrogen and oxygen atoms in total. The third-order valence-corrected chi connectivity index (χ3v) is 3.77. The Morgan fingerprint density at radius 2 is 1.84 bits per heavy atom. The van der Waals surface area contributed by atoms with Crippen LogP contribution in [0, 0.1) is 0 Å². The Bertz CT molecular complexity index is 411. The van der Waals surface area contributed by atoms with Crippen molar-refractivity contribution in [3.63, 3.8) is 0 Å². The Kier molecular flexibility index (Phi) is 5.55. The van der Waals surface area contributed by atoms with Crippen molar-refractivity contribution in [1.82, 2.24) is 0 Å². The van der Waals surface area contributed by atoms with E-state index in [1.807, 2.05) is 31.2 Å². The third-order valence-electron chi connectivity index (χ3n) is 3.77. The van der Waals surface area contributed by atoms with E-state index in [-0.39, 0.29) is 12.5 Å². The average Bonchev–Trinajstić information content (AvgIpc) is 2.46. The summed E-state index contributed by atoms with van der Waals surface area (Å²) in [5.74, 6) is -0.827. The van der Waals surface area contributed by atoms with Crippen LogP contribution in [0.2, 0.25) is 0 Å². The standard InChI is InChI=1S/C16H24O3/c1-5-13-8-10-14(11-9-13)12(4)16(18,6-2)15(17)19-7-3/h8-12,18H,5-7H2,1-4H3. The fourth-order valence-corrected chi connectivity index (χ4v) is 2.20. The average molecular weight is 264 g/mol. The van der Waals surface area contributed by atoms with Gasteiger partial charge >= 0.3 is 5.97 Å². The molecule has 0 aliphatic rings. The maximum absolute atomic E-state index is 12.0. The van der Waals surface area contributed by atoms with Crippen LogP contribution in [0.5, 0.6) is 0 Å². The highest BCUT2D eigenvalue weighted by molar-refractivity contribution is 5.80. The Morgan fingerprint density at radius 1 is 1.26 bits per heavy atom. The minimum absolute atomic E-state index is 0.280. The number of carbonyl (C=O) groups is 1. The highest BCUT2D eigenvalue weighted by atomic mass is 16.5. The maximum Gasteiger partial charge on any atom is 0.338 e. The summed E-state index contributed by atoms with van der Waals surface area (Å²) < 4.78 is 5.00. The van der Waals surface area contributed by atoms with Gasteiger partial charge in [-0.3, -0.25) is 0 Å². The number of rotatable bonds is 6. The van der Waals surface area contributed by atoms with Crippen LogP contribution < -0.4 is 0 Å². The van der Waals surface area contributed by atoms with E-state index in [0.29, 0.717) is 6.42 Å². The van der Waals surface area contributed by atoms with Crippen molar-refractivity contribution in [2.45, 2.75) is 52.1 Å². The molecular weight excluding hydrogens is 240 g/mol. The molecule has 0 aliphatic carbocycles. The first-order valence-corrected chi connectivity index (χ1v) is 6.98. The summed E-state index contributed by atoms with van der Waals surface area (Å²) >= 11 is 0. The lowest BCUT2D eigenvalue weighted by Gasteiger charge is -2.31. The summed E-state index contributed by atoms with van der Waals surface area (Å²) in [5, 5.41) is 10.6. The zero-order valence-electron chi connectivity index (χ0n) is 12.3. The zero-order valence-corrected chi connectivity index (χ0v) is 12.3. The molecule has 0 aliphatic heterocycles. The van der Waals surface area contributed by atoms with Crippen LogP contribution in [0.1, 0.15) is 51.2 Å². The van der Waals surface area contributed by atoms with Crippen LogP contribution >= 0.6 is 0 Å². The Morgan fingerprint density at radius 3 is 2.26 bits per heavy atom. The van der Waals surface area contributed by atoms with Crippen molar-refractivity contribution in [2.75, 3.05) is 6.61 Å². The fourth-order valence-electron chi connectivity index (χ4n) is 2.20. The van der Waals surface area contributed by atoms with Gasteiger partial charge in [-0.15, -0.1) is 0 Å². The molecule has 0 saturated carbocycles. The number of hydrogen-bond acceptors (Lipinski definition) is 3. The molecule has 1 aromatic carbocycles. The van der Waals surface area contributed by atoms with Gasteiger partial charge in [0.2, 0.25) is 0 Å². The number of aryl methyl sites for hydroxylation is 1. The van der Waals surface area contributed by atoms with Crippen LogP contribution in [0.3, 0.4) is 0 Å². The molecule has 3 heteroatoms. The van der Waals surface area contributed by atoms with Crippen molar-refractivity contribution < 1.29 is 14.6 Å². The molecule has 0 fully saturated rings. The second-order valence-electron chi connectivity index (χ2n) is 4.82. The number of hydrogen-bond donors (Lipinski definition) is 1. The molecule has 0 radical (unpaired) electrons. The van der Waals surface area contributed by atoms with Crippen LogP contribution in [-0.4, -0.2) is 23.3 Å². The lowest BCUT2D eigenvalue weighted by molar-refractivity contribution is -0.167. The van der Waals surface area contributed by atoms with Gasteiger partial charge in [0.05, 0.1) is 6.61 Å². The molecule has 0 saturated heterocycles. The van der Waals surface area contributed by atoms with Crippen molar-refractivity contribution in [3.05, 3.63) is 35.4 Å². The lowest BCUT2D eigenvalue weighted by atomic mass is 9.81. The summed E-state index contributed by atoms with van der Waals surface area (Å²) in [5.41, 5.74) is 0.741. The predicted molar refractivity (Wildman–Crippen MR) is 76.1 cm³/mol. The van der Waals surface area contributed by atoms with Crippen molar-refractivity contribution in [1.29, 1.82) is 0 Å². The van der Waals surface area contributed by atoms with E-state index in [1.54, 1.807) is 13.8 Å². The summed E-state index contributed by atoms with van der Waals surface area (Å²) in [6.45, 7) is 7.78. The molecule has 0 heterocycles. The van der Waals surface area contributed by atoms with Crippen LogP contribution in [-0.2, 0) is 16.0 Å². The molecule has 0 amide bonds. The number of carbonyl (C=O) groups excluding carboxylic acids is 1. The minimum Gasteiger partial charge on any atom is -0.464 e. The Balaban J connectivity index is 2.99. The fraction of sp³-hybridized carbons (Fsp3) is 0.562. The predicted octanol–water partition coefficient (Wildman–Crippen LogP) is 3.06. The molecule has 19 heavy (non-hydrogen) atoms. The van der Waals surface area contributed by atoms with Gasteiger partial charge in [0.1, 0.15) is 0 Å². The molecule has 2 atom stereocenters. The van der Waals surface area contributed by atoms with E-state index >= 15 is 0 Å². The monoisotopic (exact) mass is 264 g/mol. The molecular formula is C16H24O3. The van der Waals surface area contributed by atoms with Crippen LogP contribution in [0.25, 0.3) is 0 Å². The molecule has 2 unspecified atom stereocenters. The first kappa shape index (κ1) is 15.7. The lowest BCUT2D eigenvalue weighted by Crippen LogP contribution is -2.44. The molecule has 106 valence electrons. The molecule has 0 bridgehead atoms. The highest BCUT2D eigenvalue weighted by Gasteiger charge is 2.42. The first-order chi connectivity index (χ1) is 8.99. The smallest absolute Gasteiger partial charge is 0.338 e. The summed E-state index contributed by atoms with van der Waals surface area (Å²) in [6.07, 6.45) is 1.31. The van der Waals surface area contributed by atoms with Crippen LogP contribution in [0.15, 0.2) is 24.3 Å². The number of esters is 1. The summed E-state index contributed by atoms with van der Waals surface area (Å²) in [7, 11) is 0. The van der Waals surface area contributed by atoms with E-state index in [0.717, 1.165) is 12.0 Å². The van der Waals surface area contributed by atoms with E-state index < -0.39 is 11.6 Å². The molecule has 0 aromatic heterocycles. The largest absolute Gasteiger partial charge is 0.464 e. The quantitative estimate of drug-likeness (QED) is 0.803. The Labute approximate surface area is 115 Å². The van der Waals surface area contributed by atoms with E-state index in [4.69, 9.17) is 4.74 Å². The van der Waals surface area contributed by atoms with E-state index in [1.165, 1.54) is 5.56 Å². The maximum atomic E-state index is 12.0. The normalized spacial score (nSPS) is 15.6. The first-order valence-electron chi connectivity index (χ1n) is 6.98. The van der Waals surface area contributed by atoms with Gasteiger partial charge in [-0.25, -0.2) is 4.79 Å².